The Morgan fingerprint density at radius 1 is 1.50 bits per heavy atom. The minimum absolute atomic E-state index is 0.212. The number of hydrogen-bond acceptors (Lipinski definition) is 1. The molecule has 1 heteroatoms. The number of aliphatic imine (C=N–C) groups is 1. The minimum atomic E-state index is 0.212. The van der Waals surface area contributed by atoms with Gasteiger partial charge < -0.3 is 0 Å². The molecule has 0 aromatic rings. The summed E-state index contributed by atoms with van der Waals surface area (Å²) in [4.78, 5) is 4.12. The summed E-state index contributed by atoms with van der Waals surface area (Å²) in [6, 6.07) is 0. The molecule has 0 unspecified atom stereocenters. The molecule has 1 heterocycles. The zero-order valence-corrected chi connectivity index (χ0v) is 5.60. The van der Waals surface area contributed by atoms with Crippen LogP contribution >= 0.6 is 0 Å². The van der Waals surface area contributed by atoms with E-state index in [1.54, 1.807) is 0 Å². The first-order valence-electron chi connectivity index (χ1n) is 2.85. The van der Waals surface area contributed by atoms with E-state index in [9.17, 15) is 0 Å². The average molecular weight is 109 g/mol. The van der Waals surface area contributed by atoms with Crippen molar-refractivity contribution in [2.75, 3.05) is 0 Å². The third kappa shape index (κ3) is 0.971. The van der Waals surface area contributed by atoms with Gasteiger partial charge >= 0.3 is 0 Å². The van der Waals surface area contributed by atoms with Gasteiger partial charge in [0, 0.05) is 17.3 Å². The fraction of sp³-hybridized carbons (Fsp3) is 0.571. The van der Waals surface area contributed by atoms with Gasteiger partial charge in [-0.1, -0.05) is 19.9 Å². The molecule has 0 saturated carbocycles. The van der Waals surface area contributed by atoms with Crippen LogP contribution in [0.5, 0.6) is 0 Å². The molecule has 8 heavy (non-hydrogen) atoms. The summed E-state index contributed by atoms with van der Waals surface area (Å²) in [5.41, 5.74) is 1.35. The molecule has 0 saturated heterocycles. The van der Waals surface area contributed by atoms with Gasteiger partial charge in [-0.15, -0.1) is 0 Å². The minimum Gasteiger partial charge on any atom is -0.265 e. The Bertz CT molecular complexity index is 152. The molecule has 0 radical (unpaired) electrons. The molecule has 44 valence electrons. The Labute approximate surface area is 50.1 Å². The van der Waals surface area contributed by atoms with Gasteiger partial charge in [-0.05, 0) is 6.92 Å². The van der Waals surface area contributed by atoms with Crippen molar-refractivity contribution in [2.24, 2.45) is 10.4 Å². The van der Waals surface area contributed by atoms with Crippen LogP contribution in [0.25, 0.3) is 0 Å². The van der Waals surface area contributed by atoms with Gasteiger partial charge in [-0.2, -0.15) is 0 Å². The van der Waals surface area contributed by atoms with E-state index in [2.05, 4.69) is 24.9 Å². The standard InChI is InChI=1S/C7H11N/c1-6-4-7(2,3)5-8-6/h4-5H,1-3H3. The summed E-state index contributed by atoms with van der Waals surface area (Å²) in [7, 11) is 0. The van der Waals surface area contributed by atoms with Gasteiger partial charge in [-0.3, -0.25) is 4.99 Å². The van der Waals surface area contributed by atoms with Crippen molar-refractivity contribution in [3.8, 4) is 0 Å². The molecule has 1 aliphatic rings. The number of hydrogen-bond donors (Lipinski definition) is 0. The van der Waals surface area contributed by atoms with Gasteiger partial charge in [0.25, 0.3) is 0 Å². The SMILES string of the molecule is CC1=CC(C)(C)C=N1. The normalized spacial score (nSPS) is 23.6. The highest BCUT2D eigenvalue weighted by Gasteiger charge is 2.15. The number of allylic oxidation sites excluding steroid dienone is 2. The van der Waals surface area contributed by atoms with Crippen LogP contribution in [0.1, 0.15) is 20.8 Å². The molecular formula is C7H11N. The van der Waals surface area contributed by atoms with Crippen LogP contribution in [0.15, 0.2) is 16.8 Å². The van der Waals surface area contributed by atoms with Gasteiger partial charge in [0.15, 0.2) is 0 Å². The molecule has 0 N–H and O–H groups in total. The summed E-state index contributed by atoms with van der Waals surface area (Å²) in [5.74, 6) is 0. The van der Waals surface area contributed by atoms with Crippen molar-refractivity contribution >= 4 is 6.21 Å². The summed E-state index contributed by atoms with van der Waals surface area (Å²) < 4.78 is 0. The summed E-state index contributed by atoms with van der Waals surface area (Å²) in [5, 5.41) is 0. The van der Waals surface area contributed by atoms with Crippen LogP contribution in [0.3, 0.4) is 0 Å². The third-order valence-electron chi connectivity index (χ3n) is 1.18. The second-order valence-corrected chi connectivity index (χ2v) is 2.87. The predicted octanol–water partition coefficient (Wildman–Crippen LogP) is 2.00. The van der Waals surface area contributed by atoms with Crippen LogP contribution in [-0.2, 0) is 0 Å². The first-order valence-corrected chi connectivity index (χ1v) is 2.85. The van der Waals surface area contributed by atoms with Gasteiger partial charge in [0.05, 0.1) is 0 Å². The van der Waals surface area contributed by atoms with Gasteiger partial charge in [0.2, 0.25) is 0 Å². The Hall–Kier alpha value is -0.590. The number of nitrogens with zero attached hydrogens (tertiary/aromatic N) is 1. The van der Waals surface area contributed by atoms with Gasteiger partial charge in [-0.25, -0.2) is 0 Å². The van der Waals surface area contributed by atoms with Crippen LogP contribution < -0.4 is 0 Å². The Kier molecular flexibility index (Phi) is 0.999. The van der Waals surface area contributed by atoms with Crippen molar-refractivity contribution in [1.82, 2.24) is 0 Å². The highest BCUT2D eigenvalue weighted by molar-refractivity contribution is 5.72. The molecule has 0 bridgehead atoms. The molecule has 0 amide bonds. The first kappa shape index (κ1) is 5.54. The maximum atomic E-state index is 4.12. The molecule has 0 spiro atoms. The topological polar surface area (TPSA) is 12.4 Å². The Balaban J connectivity index is 2.84. The summed E-state index contributed by atoms with van der Waals surface area (Å²) in [6.45, 7) is 6.31. The monoisotopic (exact) mass is 109 g/mol. The fourth-order valence-corrected chi connectivity index (χ4v) is 0.881. The quantitative estimate of drug-likeness (QED) is 0.451. The molecule has 1 rings (SSSR count). The fourth-order valence-electron chi connectivity index (χ4n) is 0.881. The molecular weight excluding hydrogens is 98.1 g/mol. The maximum Gasteiger partial charge on any atom is 0.0338 e. The Morgan fingerprint density at radius 3 is 2.25 bits per heavy atom. The van der Waals surface area contributed by atoms with E-state index in [1.165, 1.54) is 0 Å². The van der Waals surface area contributed by atoms with E-state index in [4.69, 9.17) is 0 Å². The largest absolute Gasteiger partial charge is 0.265 e. The molecule has 0 fully saturated rings. The number of rotatable bonds is 0. The van der Waals surface area contributed by atoms with Crippen molar-refractivity contribution in [3.05, 3.63) is 11.8 Å². The van der Waals surface area contributed by atoms with Crippen molar-refractivity contribution in [2.45, 2.75) is 20.8 Å². The van der Waals surface area contributed by atoms with E-state index in [1.807, 2.05) is 13.1 Å². The van der Waals surface area contributed by atoms with Gasteiger partial charge in [0.1, 0.15) is 0 Å². The lowest BCUT2D eigenvalue weighted by molar-refractivity contribution is 0.703. The van der Waals surface area contributed by atoms with E-state index >= 15 is 0 Å². The second-order valence-electron chi connectivity index (χ2n) is 2.87. The zero-order valence-electron chi connectivity index (χ0n) is 5.60. The van der Waals surface area contributed by atoms with Crippen LogP contribution in [0.2, 0.25) is 0 Å². The molecule has 0 aliphatic carbocycles. The highest BCUT2D eigenvalue weighted by Crippen LogP contribution is 2.22. The predicted molar refractivity (Wildman–Crippen MR) is 36.0 cm³/mol. The first-order chi connectivity index (χ1) is 3.60. The van der Waals surface area contributed by atoms with E-state index < -0.39 is 0 Å². The van der Waals surface area contributed by atoms with E-state index in [0.29, 0.717) is 0 Å². The lowest BCUT2D eigenvalue weighted by Crippen LogP contribution is -2.04. The molecule has 0 atom stereocenters. The molecule has 0 aromatic heterocycles. The lowest BCUT2D eigenvalue weighted by atomic mass is 9.97. The third-order valence-corrected chi connectivity index (χ3v) is 1.18. The summed E-state index contributed by atoms with van der Waals surface area (Å²) in [6.07, 6.45) is 4.13. The van der Waals surface area contributed by atoms with Crippen LogP contribution in [0.4, 0.5) is 0 Å². The maximum absolute atomic E-state index is 4.12. The second kappa shape index (κ2) is 1.44. The smallest absolute Gasteiger partial charge is 0.0338 e. The van der Waals surface area contributed by atoms with Crippen LogP contribution in [0, 0.1) is 5.41 Å². The molecule has 1 aliphatic heterocycles. The van der Waals surface area contributed by atoms with E-state index in [-0.39, 0.29) is 5.41 Å². The van der Waals surface area contributed by atoms with Crippen molar-refractivity contribution < 1.29 is 0 Å². The van der Waals surface area contributed by atoms with Crippen molar-refractivity contribution in [3.63, 3.8) is 0 Å². The average Bonchev–Trinajstić information content (AvgIpc) is 1.82. The van der Waals surface area contributed by atoms with Crippen LogP contribution in [-0.4, -0.2) is 6.21 Å². The van der Waals surface area contributed by atoms with Crippen molar-refractivity contribution in [1.29, 1.82) is 0 Å². The molecule has 1 nitrogen and oxygen atoms in total. The Morgan fingerprint density at radius 2 is 2.12 bits per heavy atom. The molecule has 0 aromatic carbocycles. The lowest BCUT2D eigenvalue weighted by Gasteiger charge is -2.06. The van der Waals surface area contributed by atoms with E-state index in [0.717, 1.165) is 5.70 Å². The summed E-state index contributed by atoms with van der Waals surface area (Å²) >= 11 is 0. The highest BCUT2D eigenvalue weighted by atomic mass is 14.8. The zero-order chi connectivity index (χ0) is 6.20.